The summed E-state index contributed by atoms with van der Waals surface area (Å²) in [4.78, 5) is 8.27. The lowest BCUT2D eigenvalue weighted by Gasteiger charge is -2.23. The first-order valence-electron chi connectivity index (χ1n) is 5.70. The SMILES string of the molecule is C=Nc1c(I)nn(C2CCCCO2)c1N=C(C)Cl. The van der Waals surface area contributed by atoms with Crippen LogP contribution in [0.2, 0.25) is 0 Å². The van der Waals surface area contributed by atoms with Crippen LogP contribution >= 0.6 is 34.2 Å². The summed E-state index contributed by atoms with van der Waals surface area (Å²) in [6.45, 7) is 6.03. The van der Waals surface area contributed by atoms with Crippen molar-refractivity contribution in [2.75, 3.05) is 6.61 Å². The molecule has 0 aliphatic carbocycles. The van der Waals surface area contributed by atoms with E-state index in [1.807, 2.05) is 0 Å². The van der Waals surface area contributed by atoms with E-state index in [1.165, 1.54) is 0 Å². The monoisotopic (exact) mass is 380 g/mol. The first-order valence-corrected chi connectivity index (χ1v) is 7.16. The molecular formula is C11H14ClIN4O. The van der Waals surface area contributed by atoms with E-state index in [0.29, 0.717) is 16.7 Å². The summed E-state index contributed by atoms with van der Waals surface area (Å²) in [5.74, 6) is 0.619. The van der Waals surface area contributed by atoms with Crippen molar-refractivity contribution in [1.82, 2.24) is 9.78 Å². The lowest BCUT2D eigenvalue weighted by Crippen LogP contribution is -2.19. The summed E-state index contributed by atoms with van der Waals surface area (Å²) in [7, 11) is 0. The van der Waals surface area contributed by atoms with Crippen LogP contribution in [0.15, 0.2) is 9.98 Å². The van der Waals surface area contributed by atoms with E-state index in [9.17, 15) is 0 Å². The number of halogens is 2. The number of ether oxygens (including phenoxy) is 1. The molecule has 1 aliphatic rings. The standard InChI is InChI=1S/C11H14ClIN4O/c1-7(12)15-11-9(14-2)10(13)16-17(11)8-5-3-4-6-18-8/h8H,2-6H2,1H3. The fourth-order valence-corrected chi connectivity index (χ4v) is 2.62. The van der Waals surface area contributed by atoms with Crippen LogP contribution in [0.4, 0.5) is 11.5 Å². The molecule has 0 N–H and O–H groups in total. The largest absolute Gasteiger partial charge is 0.356 e. The summed E-state index contributed by atoms with van der Waals surface area (Å²) < 4.78 is 8.24. The normalized spacial score (nSPS) is 21.1. The molecule has 0 spiro atoms. The van der Waals surface area contributed by atoms with Crippen LogP contribution in [0.1, 0.15) is 32.4 Å². The number of aromatic nitrogens is 2. The molecular weight excluding hydrogens is 367 g/mol. The molecule has 2 heterocycles. The van der Waals surface area contributed by atoms with Crippen molar-refractivity contribution < 1.29 is 4.74 Å². The summed E-state index contributed by atoms with van der Waals surface area (Å²) in [5, 5.41) is 4.88. The van der Waals surface area contributed by atoms with Crippen LogP contribution < -0.4 is 0 Å². The zero-order valence-corrected chi connectivity index (χ0v) is 13.0. The Morgan fingerprint density at radius 1 is 1.61 bits per heavy atom. The molecule has 1 aromatic rings. The Kier molecular flexibility index (Phi) is 4.74. The molecule has 1 aliphatic heterocycles. The minimum absolute atomic E-state index is 0.0856. The highest BCUT2D eigenvalue weighted by molar-refractivity contribution is 14.1. The van der Waals surface area contributed by atoms with Gasteiger partial charge in [0.15, 0.2) is 15.7 Å². The van der Waals surface area contributed by atoms with Gasteiger partial charge in [0.2, 0.25) is 0 Å². The minimum Gasteiger partial charge on any atom is -0.356 e. The predicted octanol–water partition coefficient (Wildman–Crippen LogP) is 3.81. The molecule has 0 saturated carbocycles. The fourth-order valence-electron chi connectivity index (χ4n) is 1.89. The quantitative estimate of drug-likeness (QED) is 0.591. The molecule has 1 aromatic heterocycles. The van der Waals surface area contributed by atoms with E-state index < -0.39 is 0 Å². The zero-order valence-electron chi connectivity index (χ0n) is 10.1. The van der Waals surface area contributed by atoms with Gasteiger partial charge in [0.25, 0.3) is 0 Å². The highest BCUT2D eigenvalue weighted by Gasteiger charge is 2.23. The van der Waals surface area contributed by atoms with Gasteiger partial charge in [-0.25, -0.2) is 9.67 Å². The van der Waals surface area contributed by atoms with Gasteiger partial charge in [-0.05, 0) is 55.5 Å². The van der Waals surface area contributed by atoms with Crippen molar-refractivity contribution in [3.63, 3.8) is 0 Å². The van der Waals surface area contributed by atoms with Crippen molar-refractivity contribution >= 4 is 57.6 Å². The van der Waals surface area contributed by atoms with Gasteiger partial charge in [-0.15, -0.1) is 0 Å². The molecule has 0 amide bonds. The van der Waals surface area contributed by atoms with Crippen molar-refractivity contribution in [3.8, 4) is 0 Å². The Morgan fingerprint density at radius 2 is 2.39 bits per heavy atom. The van der Waals surface area contributed by atoms with Crippen LogP contribution in [-0.4, -0.2) is 28.3 Å². The van der Waals surface area contributed by atoms with Crippen molar-refractivity contribution in [1.29, 1.82) is 0 Å². The maximum absolute atomic E-state index is 5.86. The number of hydrogen-bond donors (Lipinski definition) is 0. The van der Waals surface area contributed by atoms with Gasteiger partial charge < -0.3 is 4.74 Å². The van der Waals surface area contributed by atoms with Crippen LogP contribution in [0.3, 0.4) is 0 Å². The van der Waals surface area contributed by atoms with Crippen LogP contribution in [0.25, 0.3) is 0 Å². The average molecular weight is 381 g/mol. The molecule has 5 nitrogen and oxygen atoms in total. The maximum atomic E-state index is 5.86. The van der Waals surface area contributed by atoms with Crippen molar-refractivity contribution in [2.45, 2.75) is 32.4 Å². The molecule has 1 saturated heterocycles. The lowest BCUT2D eigenvalue weighted by molar-refractivity contribution is -0.0384. The van der Waals surface area contributed by atoms with Crippen LogP contribution in [0.5, 0.6) is 0 Å². The van der Waals surface area contributed by atoms with E-state index in [-0.39, 0.29) is 6.23 Å². The molecule has 1 fully saturated rings. The van der Waals surface area contributed by atoms with Gasteiger partial charge in [-0.3, -0.25) is 4.99 Å². The first-order chi connectivity index (χ1) is 8.63. The summed E-state index contributed by atoms with van der Waals surface area (Å²) >= 11 is 7.98. The molecule has 7 heteroatoms. The summed E-state index contributed by atoms with van der Waals surface area (Å²) in [6.07, 6.45) is 3.06. The lowest BCUT2D eigenvalue weighted by atomic mass is 10.2. The van der Waals surface area contributed by atoms with Gasteiger partial charge in [-0.1, -0.05) is 11.6 Å². The first kappa shape index (κ1) is 14.0. The van der Waals surface area contributed by atoms with Gasteiger partial charge in [0.1, 0.15) is 10.9 Å². The topological polar surface area (TPSA) is 51.8 Å². The van der Waals surface area contributed by atoms with Crippen molar-refractivity contribution in [2.24, 2.45) is 9.98 Å². The summed E-state index contributed by atoms with van der Waals surface area (Å²) in [5.41, 5.74) is 0.657. The van der Waals surface area contributed by atoms with Gasteiger partial charge in [0.05, 0.1) is 0 Å². The third-order valence-corrected chi connectivity index (χ3v) is 3.48. The Labute approximate surface area is 124 Å². The Morgan fingerprint density at radius 3 is 2.94 bits per heavy atom. The number of nitrogens with zero attached hydrogens (tertiary/aromatic N) is 4. The smallest absolute Gasteiger partial charge is 0.181 e. The van der Waals surface area contributed by atoms with Crippen LogP contribution in [-0.2, 0) is 4.74 Å². The second-order valence-corrected chi connectivity index (χ2v) is 5.56. The van der Waals surface area contributed by atoms with Gasteiger partial charge in [-0.2, -0.15) is 5.10 Å². The second kappa shape index (κ2) is 6.12. The molecule has 0 bridgehead atoms. The maximum Gasteiger partial charge on any atom is 0.181 e. The molecule has 2 rings (SSSR count). The highest BCUT2D eigenvalue weighted by Crippen LogP contribution is 2.37. The van der Waals surface area contributed by atoms with Gasteiger partial charge >= 0.3 is 0 Å². The highest BCUT2D eigenvalue weighted by atomic mass is 127. The molecule has 0 radical (unpaired) electrons. The predicted molar refractivity (Wildman–Crippen MR) is 81.6 cm³/mol. The molecule has 1 atom stereocenters. The Bertz CT molecular complexity index is 476. The Hall–Kier alpha value is -0.470. The van der Waals surface area contributed by atoms with E-state index in [4.69, 9.17) is 16.3 Å². The third-order valence-electron chi connectivity index (χ3n) is 2.67. The van der Waals surface area contributed by atoms with E-state index >= 15 is 0 Å². The van der Waals surface area contributed by atoms with E-state index in [2.05, 4.69) is 44.4 Å². The van der Waals surface area contributed by atoms with Gasteiger partial charge in [0, 0.05) is 6.61 Å². The number of aliphatic imine (C=N–C) groups is 2. The fraction of sp³-hybridized carbons (Fsp3) is 0.545. The zero-order chi connectivity index (χ0) is 13.1. The average Bonchev–Trinajstić information content (AvgIpc) is 2.66. The second-order valence-electron chi connectivity index (χ2n) is 4.00. The Balaban J connectivity index is 2.45. The van der Waals surface area contributed by atoms with Crippen molar-refractivity contribution in [3.05, 3.63) is 3.70 Å². The number of hydrogen-bond acceptors (Lipinski definition) is 4. The van der Waals surface area contributed by atoms with Crippen LogP contribution in [0, 0.1) is 3.70 Å². The molecule has 1 unspecified atom stereocenters. The molecule has 98 valence electrons. The molecule has 0 aromatic carbocycles. The van der Waals surface area contributed by atoms with E-state index in [1.54, 1.807) is 11.6 Å². The minimum atomic E-state index is -0.0856. The molecule has 18 heavy (non-hydrogen) atoms. The summed E-state index contributed by atoms with van der Waals surface area (Å²) in [6, 6.07) is 0. The number of rotatable bonds is 3. The van der Waals surface area contributed by atoms with E-state index in [0.717, 1.165) is 29.6 Å². The third kappa shape index (κ3) is 2.92.